The molecule has 0 unspecified atom stereocenters. The van der Waals surface area contributed by atoms with Gasteiger partial charge < -0.3 is 10.1 Å². The predicted molar refractivity (Wildman–Crippen MR) is 136 cm³/mol. The van der Waals surface area contributed by atoms with E-state index < -0.39 is 0 Å². The molecule has 4 rings (SSSR count). The van der Waals surface area contributed by atoms with Crippen molar-refractivity contribution < 1.29 is 9.53 Å². The van der Waals surface area contributed by atoms with Crippen LogP contribution >= 0.6 is 11.3 Å². The van der Waals surface area contributed by atoms with E-state index in [2.05, 4.69) is 54.4 Å². The number of nitrogens with one attached hydrogen (secondary N) is 1. The summed E-state index contributed by atoms with van der Waals surface area (Å²) in [5.74, 6) is 0.915. The van der Waals surface area contributed by atoms with E-state index in [1.807, 2.05) is 49.4 Å². The Balaban J connectivity index is 1.46. The van der Waals surface area contributed by atoms with Crippen LogP contribution in [0.1, 0.15) is 58.8 Å². The van der Waals surface area contributed by atoms with Crippen LogP contribution in [0.2, 0.25) is 0 Å². The number of benzene rings is 2. The molecule has 0 radical (unpaired) electrons. The van der Waals surface area contributed by atoms with Gasteiger partial charge in [0.1, 0.15) is 5.75 Å². The molecule has 2 aromatic carbocycles. The van der Waals surface area contributed by atoms with Crippen molar-refractivity contribution in [1.29, 1.82) is 0 Å². The van der Waals surface area contributed by atoms with Gasteiger partial charge >= 0.3 is 0 Å². The lowest BCUT2D eigenvalue weighted by molar-refractivity contribution is -0.122. The van der Waals surface area contributed by atoms with Gasteiger partial charge in [0.25, 0.3) is 0 Å². The molecule has 0 spiro atoms. The Labute approximate surface area is 201 Å². The molecular formula is C28H34N2O2S. The zero-order valence-corrected chi connectivity index (χ0v) is 20.9. The molecule has 0 saturated heterocycles. The highest BCUT2D eigenvalue weighted by atomic mass is 32.1. The molecule has 0 bridgehead atoms. The number of carbonyl (C=O) groups is 1. The third-order valence-electron chi connectivity index (χ3n) is 6.21. The molecule has 174 valence electrons. The van der Waals surface area contributed by atoms with Gasteiger partial charge in [0, 0.05) is 22.8 Å². The van der Waals surface area contributed by atoms with Crippen LogP contribution in [-0.4, -0.2) is 30.0 Å². The number of rotatable bonds is 8. The van der Waals surface area contributed by atoms with Crippen molar-refractivity contribution in [3.8, 4) is 5.75 Å². The van der Waals surface area contributed by atoms with Gasteiger partial charge in [0.05, 0.1) is 18.7 Å². The Kier molecular flexibility index (Phi) is 7.51. The van der Waals surface area contributed by atoms with Crippen LogP contribution in [0.25, 0.3) is 0 Å². The fraction of sp³-hybridized carbons (Fsp3) is 0.393. The highest BCUT2D eigenvalue weighted by molar-refractivity contribution is 7.12. The molecule has 0 fully saturated rings. The number of fused-ring (bicyclic) bond motifs is 1. The number of amides is 1. The first kappa shape index (κ1) is 23.5. The largest absolute Gasteiger partial charge is 0.491 e. The molecule has 3 aromatic rings. The molecular weight excluding hydrogens is 428 g/mol. The summed E-state index contributed by atoms with van der Waals surface area (Å²) in [7, 11) is 0. The molecule has 4 nitrogen and oxygen atoms in total. The van der Waals surface area contributed by atoms with Gasteiger partial charge in [-0.05, 0) is 68.0 Å². The minimum atomic E-state index is 0.0610. The first-order valence-electron chi connectivity index (χ1n) is 11.9. The fourth-order valence-corrected chi connectivity index (χ4v) is 6.19. The van der Waals surface area contributed by atoms with Gasteiger partial charge in [-0.15, -0.1) is 11.3 Å². The van der Waals surface area contributed by atoms with Crippen molar-refractivity contribution in [3.63, 3.8) is 0 Å². The highest BCUT2D eigenvalue weighted by Crippen LogP contribution is 2.42. The zero-order valence-electron chi connectivity index (χ0n) is 20.1. The number of hydrogen-bond donors (Lipinski definition) is 1. The molecule has 1 aliphatic heterocycles. The van der Waals surface area contributed by atoms with Crippen LogP contribution in [0.3, 0.4) is 0 Å². The summed E-state index contributed by atoms with van der Waals surface area (Å²) in [4.78, 5) is 18.1. The molecule has 1 aromatic heterocycles. The minimum absolute atomic E-state index is 0.0610. The van der Waals surface area contributed by atoms with Crippen LogP contribution in [0.4, 0.5) is 0 Å². The second-order valence-electron chi connectivity index (χ2n) is 8.95. The first-order chi connectivity index (χ1) is 16.0. The maximum absolute atomic E-state index is 12.9. The normalized spacial score (nSPS) is 16.0. The number of carbonyl (C=O) groups excluding carboxylic acids is 1. The summed E-state index contributed by atoms with van der Waals surface area (Å²) in [6.45, 7) is 10.3. The van der Waals surface area contributed by atoms with Crippen molar-refractivity contribution in [2.45, 2.75) is 59.2 Å². The third kappa shape index (κ3) is 5.48. The van der Waals surface area contributed by atoms with E-state index in [0.29, 0.717) is 13.1 Å². The second kappa shape index (κ2) is 10.5. The lowest BCUT2D eigenvalue weighted by Gasteiger charge is -2.36. The average molecular weight is 463 g/mol. The SMILES string of the molecule is CCc1c(C)sc2c1CCN(CC(=O)NCc1ccc(OC(C)C)cc1)[C@@H]2c1ccccc1. The first-order valence-corrected chi connectivity index (χ1v) is 12.7. The van der Waals surface area contributed by atoms with Crippen molar-refractivity contribution >= 4 is 17.2 Å². The fourth-order valence-electron chi connectivity index (χ4n) is 4.72. The maximum Gasteiger partial charge on any atom is 0.234 e. The average Bonchev–Trinajstić information content (AvgIpc) is 3.13. The summed E-state index contributed by atoms with van der Waals surface area (Å²) in [6, 6.07) is 18.7. The van der Waals surface area contributed by atoms with Crippen molar-refractivity contribution in [1.82, 2.24) is 10.2 Å². The predicted octanol–water partition coefficient (Wildman–Crippen LogP) is 5.67. The molecule has 1 N–H and O–H groups in total. The second-order valence-corrected chi connectivity index (χ2v) is 10.2. The molecule has 1 atom stereocenters. The van der Waals surface area contributed by atoms with E-state index in [-0.39, 0.29) is 18.1 Å². The number of aryl methyl sites for hydroxylation is 1. The Morgan fingerprint density at radius 2 is 1.88 bits per heavy atom. The van der Waals surface area contributed by atoms with Crippen LogP contribution < -0.4 is 10.1 Å². The Bertz CT molecular complexity index is 1070. The maximum atomic E-state index is 12.9. The molecule has 1 amide bonds. The minimum Gasteiger partial charge on any atom is -0.491 e. The Morgan fingerprint density at radius 3 is 2.55 bits per heavy atom. The van der Waals surface area contributed by atoms with Crippen LogP contribution in [0.5, 0.6) is 5.75 Å². The van der Waals surface area contributed by atoms with Crippen molar-refractivity contribution in [3.05, 3.63) is 86.6 Å². The van der Waals surface area contributed by atoms with Gasteiger partial charge in [0.2, 0.25) is 5.91 Å². The Morgan fingerprint density at radius 1 is 1.15 bits per heavy atom. The number of hydrogen-bond acceptors (Lipinski definition) is 4. The third-order valence-corrected chi connectivity index (χ3v) is 7.45. The van der Waals surface area contributed by atoms with Crippen molar-refractivity contribution in [2.75, 3.05) is 13.1 Å². The quantitative estimate of drug-likeness (QED) is 0.469. The Hall–Kier alpha value is -2.63. The summed E-state index contributed by atoms with van der Waals surface area (Å²) in [5.41, 5.74) is 5.34. The van der Waals surface area contributed by atoms with Crippen molar-refractivity contribution in [2.24, 2.45) is 0 Å². The van der Waals surface area contributed by atoms with Gasteiger partial charge in [-0.1, -0.05) is 49.4 Å². The summed E-state index contributed by atoms with van der Waals surface area (Å²) in [6.07, 6.45) is 2.23. The van der Waals surface area contributed by atoms with E-state index in [9.17, 15) is 4.79 Å². The topological polar surface area (TPSA) is 41.6 Å². The smallest absolute Gasteiger partial charge is 0.234 e. The lowest BCUT2D eigenvalue weighted by Crippen LogP contribution is -2.42. The standard InChI is InChI=1S/C28H34N2O2S/c1-5-24-20(4)33-28-25(24)15-16-30(27(28)22-9-7-6-8-10-22)18-26(31)29-17-21-11-13-23(14-12-21)32-19(2)3/h6-14,19,27H,5,15-18H2,1-4H3,(H,29,31)/t27-/m1/s1. The lowest BCUT2D eigenvalue weighted by atomic mass is 9.91. The van der Waals surface area contributed by atoms with Crippen LogP contribution in [0.15, 0.2) is 54.6 Å². The van der Waals surface area contributed by atoms with E-state index in [4.69, 9.17) is 4.74 Å². The highest BCUT2D eigenvalue weighted by Gasteiger charge is 2.33. The van der Waals surface area contributed by atoms with Gasteiger partial charge in [-0.25, -0.2) is 0 Å². The number of nitrogens with zero attached hydrogens (tertiary/aromatic N) is 1. The zero-order chi connectivity index (χ0) is 23.4. The van der Waals surface area contributed by atoms with Gasteiger partial charge in [-0.2, -0.15) is 0 Å². The van der Waals surface area contributed by atoms with Crippen LogP contribution in [-0.2, 0) is 24.2 Å². The molecule has 33 heavy (non-hydrogen) atoms. The molecule has 0 saturated carbocycles. The monoisotopic (exact) mass is 462 g/mol. The van der Waals surface area contributed by atoms with Gasteiger partial charge in [-0.3, -0.25) is 9.69 Å². The number of ether oxygens (including phenoxy) is 1. The molecule has 1 aliphatic rings. The van der Waals surface area contributed by atoms with Gasteiger partial charge in [0.15, 0.2) is 0 Å². The summed E-state index contributed by atoms with van der Waals surface area (Å²) < 4.78 is 5.70. The number of thiophene rings is 1. The van der Waals surface area contributed by atoms with E-state index in [1.54, 1.807) is 0 Å². The van der Waals surface area contributed by atoms with E-state index in [0.717, 1.165) is 30.7 Å². The van der Waals surface area contributed by atoms with E-state index >= 15 is 0 Å². The van der Waals surface area contributed by atoms with E-state index in [1.165, 1.54) is 26.4 Å². The molecule has 2 heterocycles. The summed E-state index contributed by atoms with van der Waals surface area (Å²) in [5, 5.41) is 3.11. The molecule has 0 aliphatic carbocycles. The van der Waals surface area contributed by atoms with Crippen LogP contribution in [0, 0.1) is 6.92 Å². The molecule has 5 heteroatoms. The summed E-state index contributed by atoms with van der Waals surface area (Å²) >= 11 is 1.91.